The van der Waals surface area contributed by atoms with Gasteiger partial charge in [-0.25, -0.2) is 0 Å². The van der Waals surface area contributed by atoms with E-state index in [0.29, 0.717) is 18.1 Å². The molecule has 1 saturated heterocycles. The van der Waals surface area contributed by atoms with Crippen LogP contribution in [0.1, 0.15) is 50.9 Å². The normalized spacial score (nSPS) is 23.0. The van der Waals surface area contributed by atoms with E-state index in [4.69, 9.17) is 9.16 Å². The zero-order valence-corrected chi connectivity index (χ0v) is 19.7. The minimum absolute atomic E-state index is 0.232. The van der Waals surface area contributed by atoms with Gasteiger partial charge < -0.3 is 14.5 Å². The second-order valence-corrected chi connectivity index (χ2v) is 14.9. The maximum atomic E-state index is 6.55. The third-order valence-corrected chi connectivity index (χ3v) is 11.5. The summed E-state index contributed by atoms with van der Waals surface area (Å²) in [5, 5.41) is 8.61. The summed E-state index contributed by atoms with van der Waals surface area (Å²) < 4.78 is 13.9. The molecule has 29 heavy (non-hydrogen) atoms. The molecule has 2 aliphatic rings. The Labute approximate surface area is 175 Å². The number of rotatable bonds is 5. The lowest BCUT2D eigenvalue weighted by atomic mass is 9.86. The van der Waals surface area contributed by atoms with Gasteiger partial charge in [0.15, 0.2) is 8.32 Å². The lowest BCUT2D eigenvalue weighted by Crippen LogP contribution is -2.47. The highest BCUT2D eigenvalue weighted by Crippen LogP contribution is 2.38. The predicted octanol–water partition coefficient (Wildman–Crippen LogP) is 4.72. The van der Waals surface area contributed by atoms with Crippen molar-refractivity contribution in [2.24, 2.45) is 0 Å². The van der Waals surface area contributed by atoms with Crippen molar-refractivity contribution in [1.82, 2.24) is 15.1 Å². The fourth-order valence-electron chi connectivity index (χ4n) is 3.94. The number of hydrogen-bond acceptors (Lipinski definition) is 4. The van der Waals surface area contributed by atoms with Crippen LogP contribution in [-0.2, 0) is 15.6 Å². The quantitative estimate of drug-likeness (QED) is 0.721. The van der Waals surface area contributed by atoms with Crippen LogP contribution < -0.4 is 5.32 Å². The van der Waals surface area contributed by atoms with Crippen molar-refractivity contribution in [1.29, 1.82) is 0 Å². The fraction of sp³-hybridized carbons (Fsp3) is 0.609. The molecular formula is C23H35N3O2Si. The molecule has 0 aliphatic carbocycles. The molecule has 0 bridgehead atoms. The van der Waals surface area contributed by atoms with E-state index in [1.165, 1.54) is 22.3 Å². The van der Waals surface area contributed by atoms with Crippen LogP contribution in [0, 0.1) is 0 Å². The summed E-state index contributed by atoms with van der Waals surface area (Å²) in [6.07, 6.45) is 5.17. The third kappa shape index (κ3) is 4.08. The molecule has 1 aromatic carbocycles. The summed E-state index contributed by atoms with van der Waals surface area (Å²) in [4.78, 5) is 0. The van der Waals surface area contributed by atoms with Crippen molar-refractivity contribution in [3.63, 3.8) is 0 Å². The lowest BCUT2D eigenvalue weighted by molar-refractivity contribution is -0.0286. The molecule has 1 fully saturated rings. The molecule has 1 N–H and O–H groups in total. The topological polar surface area (TPSA) is 48.3 Å². The van der Waals surface area contributed by atoms with E-state index >= 15 is 0 Å². The summed E-state index contributed by atoms with van der Waals surface area (Å²) >= 11 is 0. The summed E-state index contributed by atoms with van der Waals surface area (Å²) in [5.74, 6) is 0. The minimum atomic E-state index is -1.75. The van der Waals surface area contributed by atoms with Crippen LogP contribution in [0.5, 0.6) is 0 Å². The standard InChI is InChI=1S/C23H35N3O2Si/c1-16-20-8-7-9-21(17-11-24-26(12-17)19-14-27-15-19)22(20)10-18(25-16)13-28-29(5,6)23(2,3)4/h7-9,11-12,16,18-19,25H,10,13-15H2,1-6H3/t16-,18+/m0/s1. The molecule has 0 radical (unpaired) electrons. The van der Waals surface area contributed by atoms with Crippen LogP contribution in [0.2, 0.25) is 18.1 Å². The van der Waals surface area contributed by atoms with Gasteiger partial charge in [-0.1, -0.05) is 39.0 Å². The van der Waals surface area contributed by atoms with Gasteiger partial charge in [-0.15, -0.1) is 0 Å². The number of ether oxygens (including phenoxy) is 1. The first-order valence-corrected chi connectivity index (χ1v) is 13.7. The van der Waals surface area contributed by atoms with Gasteiger partial charge in [0.2, 0.25) is 0 Å². The van der Waals surface area contributed by atoms with Gasteiger partial charge in [-0.3, -0.25) is 4.68 Å². The Morgan fingerprint density at radius 3 is 2.69 bits per heavy atom. The van der Waals surface area contributed by atoms with Gasteiger partial charge >= 0.3 is 0 Å². The molecule has 0 amide bonds. The van der Waals surface area contributed by atoms with Crippen LogP contribution in [-0.4, -0.2) is 44.0 Å². The largest absolute Gasteiger partial charge is 0.415 e. The molecule has 6 heteroatoms. The zero-order valence-electron chi connectivity index (χ0n) is 18.7. The first-order chi connectivity index (χ1) is 13.7. The number of nitrogens with zero attached hydrogens (tertiary/aromatic N) is 2. The monoisotopic (exact) mass is 413 g/mol. The smallest absolute Gasteiger partial charge is 0.192 e. The first kappa shape index (κ1) is 20.8. The van der Waals surface area contributed by atoms with E-state index in [-0.39, 0.29) is 5.04 Å². The van der Waals surface area contributed by atoms with Crippen LogP contribution >= 0.6 is 0 Å². The summed E-state index contributed by atoms with van der Waals surface area (Å²) in [6.45, 7) is 16.1. The highest BCUT2D eigenvalue weighted by atomic mass is 28.4. The molecule has 1 aromatic heterocycles. The Hall–Kier alpha value is -1.47. The van der Waals surface area contributed by atoms with Crippen molar-refractivity contribution in [3.8, 4) is 11.1 Å². The molecule has 2 aliphatic heterocycles. The molecule has 0 saturated carbocycles. The SMILES string of the molecule is C[C@@H]1N[C@@H](CO[Si](C)(C)C(C)(C)C)Cc2c(-c3cnn(C4COC4)c3)cccc21. The van der Waals surface area contributed by atoms with E-state index in [9.17, 15) is 0 Å². The molecule has 2 aromatic rings. The molecule has 158 valence electrons. The average Bonchev–Trinajstić information content (AvgIpc) is 3.06. The van der Waals surface area contributed by atoms with Crippen LogP contribution in [0.3, 0.4) is 0 Å². The Morgan fingerprint density at radius 1 is 1.28 bits per heavy atom. The zero-order chi connectivity index (χ0) is 20.8. The van der Waals surface area contributed by atoms with Gasteiger partial charge in [0, 0.05) is 30.5 Å². The minimum Gasteiger partial charge on any atom is -0.415 e. The Bertz CT molecular complexity index is 867. The third-order valence-electron chi connectivity index (χ3n) is 6.97. The number of benzene rings is 1. The summed E-state index contributed by atoms with van der Waals surface area (Å²) in [7, 11) is -1.75. The number of fused-ring (bicyclic) bond motifs is 1. The highest BCUT2D eigenvalue weighted by molar-refractivity contribution is 6.74. The van der Waals surface area contributed by atoms with Crippen molar-refractivity contribution in [2.75, 3.05) is 19.8 Å². The van der Waals surface area contributed by atoms with Crippen molar-refractivity contribution >= 4 is 8.32 Å². The maximum absolute atomic E-state index is 6.55. The Kier molecular flexibility index (Phi) is 5.48. The van der Waals surface area contributed by atoms with Gasteiger partial charge in [0.25, 0.3) is 0 Å². The van der Waals surface area contributed by atoms with Crippen molar-refractivity contribution < 1.29 is 9.16 Å². The van der Waals surface area contributed by atoms with E-state index in [0.717, 1.165) is 26.2 Å². The van der Waals surface area contributed by atoms with Gasteiger partial charge in [-0.2, -0.15) is 5.10 Å². The van der Waals surface area contributed by atoms with Gasteiger partial charge in [0.1, 0.15) is 0 Å². The van der Waals surface area contributed by atoms with Crippen molar-refractivity contribution in [3.05, 3.63) is 41.7 Å². The summed E-state index contributed by atoms with van der Waals surface area (Å²) in [6, 6.07) is 7.70. The molecule has 3 heterocycles. The van der Waals surface area contributed by atoms with Gasteiger partial charge in [0.05, 0.1) is 25.5 Å². The fourth-order valence-corrected chi connectivity index (χ4v) is 4.99. The van der Waals surface area contributed by atoms with E-state index in [2.05, 4.69) is 80.3 Å². The van der Waals surface area contributed by atoms with E-state index in [1.54, 1.807) is 0 Å². The first-order valence-electron chi connectivity index (χ1n) is 10.8. The Morgan fingerprint density at radius 2 is 2.03 bits per heavy atom. The van der Waals surface area contributed by atoms with E-state index in [1.807, 2.05) is 6.20 Å². The summed E-state index contributed by atoms with van der Waals surface area (Å²) in [5.41, 5.74) is 5.34. The van der Waals surface area contributed by atoms with Crippen LogP contribution in [0.15, 0.2) is 30.6 Å². The molecule has 5 nitrogen and oxygen atoms in total. The maximum Gasteiger partial charge on any atom is 0.192 e. The van der Waals surface area contributed by atoms with Crippen LogP contribution in [0.4, 0.5) is 0 Å². The molecule has 4 rings (SSSR count). The lowest BCUT2D eigenvalue weighted by Gasteiger charge is -2.39. The highest BCUT2D eigenvalue weighted by Gasteiger charge is 2.38. The second-order valence-electron chi connectivity index (χ2n) is 10.1. The van der Waals surface area contributed by atoms with Crippen molar-refractivity contribution in [2.45, 2.75) is 70.4 Å². The Balaban J connectivity index is 1.55. The molecule has 2 atom stereocenters. The molecule has 0 unspecified atom stereocenters. The van der Waals surface area contributed by atoms with Gasteiger partial charge in [-0.05, 0) is 48.2 Å². The number of nitrogens with one attached hydrogen (secondary N) is 1. The molecule has 0 spiro atoms. The number of hydrogen-bond donors (Lipinski definition) is 1. The average molecular weight is 414 g/mol. The molecular weight excluding hydrogens is 378 g/mol. The van der Waals surface area contributed by atoms with E-state index < -0.39 is 8.32 Å². The predicted molar refractivity (Wildman–Crippen MR) is 120 cm³/mol. The second kappa shape index (κ2) is 7.65. The number of aromatic nitrogens is 2. The van der Waals surface area contributed by atoms with Crippen LogP contribution in [0.25, 0.3) is 11.1 Å².